The fraction of sp³-hybridized carbons (Fsp3) is 0.545. The molecule has 1 aromatic heterocycles. The molecule has 3 aliphatic heterocycles. The normalized spacial score (nSPS) is 25.0. The molecule has 4 heterocycles. The van der Waals surface area contributed by atoms with Crippen LogP contribution in [0.25, 0.3) is 0 Å². The lowest BCUT2D eigenvalue weighted by atomic mass is 10.0. The number of nitrogens with zero attached hydrogens (tertiary/aromatic N) is 7. The third-order valence-electron chi connectivity index (χ3n) is 6.28. The van der Waals surface area contributed by atoms with E-state index in [-0.39, 0.29) is 29.4 Å². The molecule has 2 fully saturated rings. The summed E-state index contributed by atoms with van der Waals surface area (Å²) in [5.41, 5.74) is 7.30. The van der Waals surface area contributed by atoms with Crippen molar-refractivity contribution in [3.8, 4) is 0 Å². The molecule has 1 unspecified atom stereocenters. The summed E-state index contributed by atoms with van der Waals surface area (Å²) < 4.78 is 26.9. The summed E-state index contributed by atoms with van der Waals surface area (Å²) in [6.07, 6.45) is 7.19. The van der Waals surface area contributed by atoms with Gasteiger partial charge in [0.15, 0.2) is 11.5 Å². The Morgan fingerprint density at radius 3 is 2.73 bits per heavy atom. The molecule has 0 bridgehead atoms. The number of aromatic nitrogens is 2. The van der Waals surface area contributed by atoms with Gasteiger partial charge in [0.05, 0.1) is 6.04 Å². The van der Waals surface area contributed by atoms with Gasteiger partial charge in [-0.2, -0.15) is 19.0 Å². The van der Waals surface area contributed by atoms with Crippen LogP contribution in [0.5, 0.6) is 0 Å². The number of rotatable bonds is 4. The van der Waals surface area contributed by atoms with Crippen LogP contribution in [0.4, 0.5) is 8.78 Å². The molecule has 11 heteroatoms. The molecule has 2 atom stereocenters. The Morgan fingerprint density at radius 1 is 1.30 bits per heavy atom. The second kappa shape index (κ2) is 9.42. The Labute approximate surface area is 191 Å². The van der Waals surface area contributed by atoms with E-state index >= 15 is 0 Å². The van der Waals surface area contributed by atoms with Crippen molar-refractivity contribution in [1.29, 1.82) is 0 Å². The fourth-order valence-electron chi connectivity index (χ4n) is 4.57. The van der Waals surface area contributed by atoms with Crippen LogP contribution in [-0.2, 0) is 0 Å². The maximum atomic E-state index is 13.2. The first-order valence-electron chi connectivity index (χ1n) is 11.2. The monoisotopic (exact) mass is 460 g/mol. The Morgan fingerprint density at radius 2 is 2.09 bits per heavy atom. The maximum Gasteiger partial charge on any atom is 0.333 e. The number of carbonyl (C=O) groups excluding carboxylic acids is 1. The third-order valence-corrected chi connectivity index (χ3v) is 6.28. The largest absolute Gasteiger partial charge is 0.355 e. The van der Waals surface area contributed by atoms with Gasteiger partial charge in [0.2, 0.25) is 0 Å². The number of aryl methyl sites for hydroxylation is 1. The van der Waals surface area contributed by atoms with Crippen LogP contribution in [0.2, 0.25) is 0 Å². The van der Waals surface area contributed by atoms with Gasteiger partial charge in [0.25, 0.3) is 5.91 Å². The molecule has 0 spiro atoms. The summed E-state index contributed by atoms with van der Waals surface area (Å²) in [7, 11) is 0. The van der Waals surface area contributed by atoms with Gasteiger partial charge in [0.1, 0.15) is 5.84 Å². The number of hydrogen-bond acceptors (Lipinski definition) is 7. The number of amidine groups is 1. The molecule has 9 nitrogen and oxygen atoms in total. The number of aliphatic imine (C=N–C) groups is 1. The molecule has 2 N–H and O–H groups in total. The minimum atomic E-state index is -2.79. The maximum absolute atomic E-state index is 13.2. The van der Waals surface area contributed by atoms with Gasteiger partial charge in [-0.15, -0.1) is 0 Å². The second-order valence-electron chi connectivity index (χ2n) is 8.71. The van der Waals surface area contributed by atoms with Crippen molar-refractivity contribution in [3.05, 3.63) is 41.1 Å². The van der Waals surface area contributed by atoms with E-state index in [2.05, 4.69) is 21.8 Å². The number of nitrogens with two attached hydrogens (primary N) is 1. The van der Waals surface area contributed by atoms with E-state index < -0.39 is 6.55 Å². The van der Waals surface area contributed by atoms with Crippen LogP contribution in [0, 0.1) is 6.92 Å². The lowest BCUT2D eigenvalue weighted by molar-refractivity contribution is 0.0522. The quantitative estimate of drug-likeness (QED) is 0.697. The molecular formula is C22H30F2N8O. The zero-order valence-electron chi connectivity index (χ0n) is 19.0. The van der Waals surface area contributed by atoms with Gasteiger partial charge in [-0.25, -0.2) is 14.7 Å². The molecule has 4 rings (SSSR count). The molecular weight excluding hydrogens is 430 g/mol. The lowest BCUT2D eigenvalue weighted by Gasteiger charge is -2.35. The van der Waals surface area contributed by atoms with Gasteiger partial charge in [-0.1, -0.05) is 0 Å². The zero-order valence-corrected chi connectivity index (χ0v) is 19.0. The minimum Gasteiger partial charge on any atom is -0.355 e. The van der Waals surface area contributed by atoms with Gasteiger partial charge in [-0.3, -0.25) is 4.79 Å². The second-order valence-corrected chi connectivity index (χ2v) is 8.71. The van der Waals surface area contributed by atoms with Gasteiger partial charge in [-0.05, 0) is 51.7 Å². The summed E-state index contributed by atoms with van der Waals surface area (Å²) in [5, 5.41) is 9.51. The van der Waals surface area contributed by atoms with Crippen LogP contribution in [-0.4, -0.2) is 74.8 Å². The molecule has 3 aliphatic rings. The van der Waals surface area contributed by atoms with E-state index in [1.54, 1.807) is 9.91 Å². The molecule has 1 amide bonds. The molecule has 0 aromatic carbocycles. The highest BCUT2D eigenvalue weighted by Crippen LogP contribution is 2.27. The molecule has 33 heavy (non-hydrogen) atoms. The Kier molecular flexibility index (Phi) is 6.59. The molecule has 0 radical (unpaired) electrons. The minimum absolute atomic E-state index is 0.0198. The predicted molar refractivity (Wildman–Crippen MR) is 122 cm³/mol. The molecule has 0 saturated carbocycles. The van der Waals surface area contributed by atoms with Crippen LogP contribution in [0.15, 0.2) is 39.8 Å². The first kappa shape index (κ1) is 23.1. The summed E-state index contributed by atoms with van der Waals surface area (Å²) >= 11 is 0. The SMILES string of the molecule is C=NN1C=C(C)C(N2CC[C@H](N)C2)=N/C1=C/C1CCCCN1C(=O)c1cc(C)n(C(F)F)n1. The number of piperidine rings is 1. The average Bonchev–Trinajstić information content (AvgIpc) is 3.40. The summed E-state index contributed by atoms with van der Waals surface area (Å²) in [5.74, 6) is 1.05. The van der Waals surface area contributed by atoms with E-state index in [0.29, 0.717) is 17.0 Å². The van der Waals surface area contributed by atoms with E-state index in [4.69, 9.17) is 10.7 Å². The molecule has 0 aliphatic carbocycles. The first-order chi connectivity index (χ1) is 15.8. The number of hydrazone groups is 1. The topological polar surface area (TPSA) is 95.4 Å². The van der Waals surface area contributed by atoms with E-state index in [1.165, 1.54) is 13.0 Å². The molecule has 1 aromatic rings. The van der Waals surface area contributed by atoms with Crippen LogP contribution >= 0.6 is 0 Å². The Bertz CT molecular complexity index is 1010. The number of alkyl halides is 2. The van der Waals surface area contributed by atoms with Gasteiger partial charge >= 0.3 is 6.55 Å². The zero-order chi connectivity index (χ0) is 23.7. The predicted octanol–water partition coefficient (Wildman–Crippen LogP) is 2.69. The van der Waals surface area contributed by atoms with Gasteiger partial charge in [0, 0.05) is 49.9 Å². The molecule has 178 valence electrons. The van der Waals surface area contributed by atoms with Crippen molar-refractivity contribution in [3.63, 3.8) is 0 Å². The standard InChI is InChI=1S/C22H30F2N8O/c1-14-12-31(26-3)19(27-20(14)29-9-7-16(25)13-29)11-17-6-4-5-8-30(17)21(33)18-10-15(2)32(28-18)22(23)24/h10-12,16-17,22H,3-9,13,25H2,1-2H3/b19-11-/t16-,17?/m0/s1. The van der Waals surface area contributed by atoms with Crippen molar-refractivity contribution in [2.24, 2.45) is 15.8 Å². The van der Waals surface area contributed by atoms with E-state index in [1.807, 2.05) is 19.2 Å². The third kappa shape index (κ3) is 4.68. The van der Waals surface area contributed by atoms with Crippen molar-refractivity contribution in [2.45, 2.75) is 58.2 Å². The number of likely N-dealkylation sites (tertiary alicyclic amines) is 2. The van der Waals surface area contributed by atoms with Crippen LogP contribution in [0.3, 0.4) is 0 Å². The average molecular weight is 461 g/mol. The van der Waals surface area contributed by atoms with Crippen molar-refractivity contribution >= 4 is 18.5 Å². The number of hydrogen-bond donors (Lipinski definition) is 1. The highest BCUT2D eigenvalue weighted by atomic mass is 19.3. The lowest BCUT2D eigenvalue weighted by Crippen LogP contribution is -2.43. The Balaban J connectivity index is 1.63. The van der Waals surface area contributed by atoms with Crippen LogP contribution < -0.4 is 5.73 Å². The first-order valence-corrected chi connectivity index (χ1v) is 11.2. The highest BCUT2D eigenvalue weighted by molar-refractivity contribution is 5.99. The summed E-state index contributed by atoms with van der Waals surface area (Å²) in [4.78, 5) is 21.9. The highest BCUT2D eigenvalue weighted by Gasteiger charge is 2.31. The van der Waals surface area contributed by atoms with Crippen molar-refractivity contribution in [2.75, 3.05) is 19.6 Å². The summed E-state index contributed by atoms with van der Waals surface area (Å²) in [6, 6.07) is 1.26. The number of amides is 1. The number of carbonyl (C=O) groups is 1. The fourth-order valence-corrected chi connectivity index (χ4v) is 4.57. The summed E-state index contributed by atoms with van der Waals surface area (Å²) in [6.45, 7) is 6.42. The smallest absolute Gasteiger partial charge is 0.333 e. The molecule has 2 saturated heterocycles. The van der Waals surface area contributed by atoms with E-state index in [9.17, 15) is 13.6 Å². The van der Waals surface area contributed by atoms with E-state index in [0.717, 1.165) is 50.2 Å². The number of halogens is 2. The van der Waals surface area contributed by atoms with Crippen molar-refractivity contribution in [1.82, 2.24) is 24.6 Å². The van der Waals surface area contributed by atoms with Gasteiger partial charge < -0.3 is 15.5 Å². The van der Waals surface area contributed by atoms with Crippen LogP contribution in [0.1, 0.15) is 55.3 Å². The van der Waals surface area contributed by atoms with Crippen molar-refractivity contribution < 1.29 is 13.6 Å². The Hall–Kier alpha value is -3.08.